The number of hydrogen-bond donors (Lipinski definition) is 0. The van der Waals surface area contributed by atoms with E-state index in [0.29, 0.717) is 19.6 Å². The molecule has 2 aliphatic heterocycles. The van der Waals surface area contributed by atoms with Gasteiger partial charge in [0.25, 0.3) is 0 Å². The maximum Gasteiger partial charge on any atom is 0.246 e. The van der Waals surface area contributed by atoms with Crippen molar-refractivity contribution in [3.8, 4) is 0 Å². The Morgan fingerprint density at radius 2 is 1.57 bits per heavy atom. The molecule has 2 heterocycles. The minimum absolute atomic E-state index is 0.00252. The molecule has 5 nitrogen and oxygen atoms in total. The smallest absolute Gasteiger partial charge is 0.246 e. The maximum atomic E-state index is 13.2. The van der Waals surface area contributed by atoms with Crippen LogP contribution in [0.25, 0.3) is 6.08 Å². The number of piperidine rings is 1. The lowest BCUT2D eigenvalue weighted by Gasteiger charge is -2.33. The van der Waals surface area contributed by atoms with Crippen LogP contribution in [0.5, 0.6) is 0 Å². The van der Waals surface area contributed by atoms with Gasteiger partial charge >= 0.3 is 0 Å². The zero-order valence-electron chi connectivity index (χ0n) is 17.5. The van der Waals surface area contributed by atoms with E-state index in [9.17, 15) is 9.59 Å². The van der Waals surface area contributed by atoms with Gasteiger partial charge in [-0.3, -0.25) is 9.59 Å². The first-order valence-electron chi connectivity index (χ1n) is 10.7. The minimum atomic E-state index is 0.00252. The fourth-order valence-electron chi connectivity index (χ4n) is 4.32. The van der Waals surface area contributed by atoms with E-state index in [1.165, 1.54) is 11.3 Å². The third kappa shape index (κ3) is 4.56. The molecule has 156 valence electrons. The molecule has 0 atom stereocenters. The molecule has 2 aromatic rings. The Morgan fingerprint density at radius 3 is 2.33 bits per heavy atom. The summed E-state index contributed by atoms with van der Waals surface area (Å²) in [6, 6.07) is 18.1. The van der Waals surface area contributed by atoms with Crippen LogP contribution in [0, 0.1) is 5.92 Å². The van der Waals surface area contributed by atoms with E-state index in [0.717, 1.165) is 31.5 Å². The third-order valence-corrected chi connectivity index (χ3v) is 6.15. The van der Waals surface area contributed by atoms with Gasteiger partial charge in [0.15, 0.2) is 0 Å². The third-order valence-electron chi connectivity index (χ3n) is 6.15. The molecule has 0 N–H and O–H groups in total. The van der Waals surface area contributed by atoms with Crippen molar-refractivity contribution < 1.29 is 9.59 Å². The molecule has 0 saturated carbocycles. The summed E-state index contributed by atoms with van der Waals surface area (Å²) in [6.07, 6.45) is 4.96. The molecule has 0 aromatic heterocycles. The summed E-state index contributed by atoms with van der Waals surface area (Å²) in [5.74, 6) is 0.254. The quantitative estimate of drug-likeness (QED) is 0.738. The largest absolute Gasteiger partial charge is 0.373 e. The van der Waals surface area contributed by atoms with Crippen molar-refractivity contribution in [1.29, 1.82) is 0 Å². The average Bonchev–Trinajstić information content (AvgIpc) is 2.97. The summed E-state index contributed by atoms with van der Waals surface area (Å²) in [5, 5.41) is 0. The molecule has 0 unspecified atom stereocenters. The highest BCUT2D eigenvalue weighted by atomic mass is 16.2. The second-order valence-corrected chi connectivity index (χ2v) is 8.15. The molecule has 2 amide bonds. The van der Waals surface area contributed by atoms with Crippen molar-refractivity contribution >= 4 is 23.6 Å². The molecule has 1 saturated heterocycles. The number of nitrogens with zero attached hydrogens (tertiary/aromatic N) is 3. The van der Waals surface area contributed by atoms with E-state index >= 15 is 0 Å². The Morgan fingerprint density at radius 1 is 0.867 bits per heavy atom. The monoisotopic (exact) mass is 403 g/mol. The van der Waals surface area contributed by atoms with Crippen LogP contribution in [0.15, 0.2) is 60.7 Å². The van der Waals surface area contributed by atoms with Gasteiger partial charge in [0.05, 0.1) is 0 Å². The SMILES string of the molecule is CN1CCN(C(=O)C2CCN(C(=O)/C=C/c3ccccc3)CC2)Cc2ccccc21. The Hall–Kier alpha value is -3.08. The number of rotatable bonds is 3. The van der Waals surface area contributed by atoms with E-state index in [1.54, 1.807) is 6.08 Å². The summed E-state index contributed by atoms with van der Waals surface area (Å²) in [5.41, 5.74) is 3.42. The van der Waals surface area contributed by atoms with Crippen molar-refractivity contribution in [1.82, 2.24) is 9.80 Å². The molecular formula is C25H29N3O2. The highest BCUT2D eigenvalue weighted by molar-refractivity contribution is 5.92. The lowest BCUT2D eigenvalue weighted by Crippen LogP contribution is -2.44. The number of likely N-dealkylation sites (tertiary alicyclic amines) is 1. The molecule has 0 aliphatic carbocycles. The molecule has 0 radical (unpaired) electrons. The molecular weight excluding hydrogens is 374 g/mol. The van der Waals surface area contributed by atoms with E-state index < -0.39 is 0 Å². The van der Waals surface area contributed by atoms with Crippen LogP contribution in [0.4, 0.5) is 5.69 Å². The Bertz CT molecular complexity index is 917. The molecule has 30 heavy (non-hydrogen) atoms. The van der Waals surface area contributed by atoms with Crippen LogP contribution >= 0.6 is 0 Å². The van der Waals surface area contributed by atoms with Crippen molar-refractivity contribution in [2.45, 2.75) is 19.4 Å². The minimum Gasteiger partial charge on any atom is -0.373 e. The van der Waals surface area contributed by atoms with Gasteiger partial charge in [-0.25, -0.2) is 0 Å². The summed E-state index contributed by atoms with van der Waals surface area (Å²) >= 11 is 0. The Balaban J connectivity index is 1.33. The predicted octanol–water partition coefficient (Wildman–Crippen LogP) is 3.42. The first-order chi connectivity index (χ1) is 14.6. The zero-order chi connectivity index (χ0) is 20.9. The predicted molar refractivity (Wildman–Crippen MR) is 120 cm³/mol. The molecule has 2 aliphatic rings. The van der Waals surface area contributed by atoms with Gasteiger partial charge in [-0.15, -0.1) is 0 Å². The summed E-state index contributed by atoms with van der Waals surface area (Å²) in [7, 11) is 2.08. The molecule has 1 fully saturated rings. The first kappa shape index (κ1) is 20.2. The fourth-order valence-corrected chi connectivity index (χ4v) is 4.32. The highest BCUT2D eigenvalue weighted by Gasteiger charge is 2.31. The summed E-state index contributed by atoms with van der Waals surface area (Å²) in [6.45, 7) is 3.52. The van der Waals surface area contributed by atoms with E-state index in [1.807, 2.05) is 58.3 Å². The number of anilines is 1. The van der Waals surface area contributed by atoms with E-state index in [-0.39, 0.29) is 17.7 Å². The Labute approximate surface area is 178 Å². The van der Waals surface area contributed by atoms with Crippen LogP contribution in [-0.2, 0) is 16.1 Å². The highest BCUT2D eigenvalue weighted by Crippen LogP contribution is 2.26. The van der Waals surface area contributed by atoms with Crippen LogP contribution in [0.2, 0.25) is 0 Å². The zero-order valence-corrected chi connectivity index (χ0v) is 17.5. The summed E-state index contributed by atoms with van der Waals surface area (Å²) in [4.78, 5) is 31.8. The number of amides is 2. The van der Waals surface area contributed by atoms with Crippen LogP contribution in [-0.4, -0.2) is 54.8 Å². The lowest BCUT2D eigenvalue weighted by molar-refractivity contribution is -0.139. The van der Waals surface area contributed by atoms with Gasteiger partial charge in [0.1, 0.15) is 0 Å². The first-order valence-corrected chi connectivity index (χ1v) is 10.7. The number of hydrogen-bond acceptors (Lipinski definition) is 3. The number of para-hydroxylation sites is 1. The second-order valence-electron chi connectivity index (χ2n) is 8.15. The molecule has 2 aromatic carbocycles. The number of carbonyl (C=O) groups excluding carboxylic acids is 2. The van der Waals surface area contributed by atoms with Gasteiger partial charge < -0.3 is 14.7 Å². The Kier molecular flexibility index (Phi) is 6.17. The number of likely N-dealkylation sites (N-methyl/N-ethyl adjacent to an activating group) is 1. The lowest BCUT2D eigenvalue weighted by atomic mass is 9.95. The van der Waals surface area contributed by atoms with E-state index in [2.05, 4.69) is 24.1 Å². The normalized spacial score (nSPS) is 17.7. The number of carbonyl (C=O) groups is 2. The summed E-state index contributed by atoms with van der Waals surface area (Å²) < 4.78 is 0. The number of fused-ring (bicyclic) bond motifs is 1. The molecule has 0 spiro atoms. The van der Waals surface area contributed by atoms with Gasteiger partial charge in [-0.1, -0.05) is 48.5 Å². The van der Waals surface area contributed by atoms with Crippen LogP contribution in [0.3, 0.4) is 0 Å². The average molecular weight is 404 g/mol. The molecule has 4 rings (SSSR count). The fraction of sp³-hybridized carbons (Fsp3) is 0.360. The van der Waals surface area contributed by atoms with Crippen molar-refractivity contribution in [3.63, 3.8) is 0 Å². The van der Waals surface area contributed by atoms with Crippen molar-refractivity contribution in [2.24, 2.45) is 5.92 Å². The van der Waals surface area contributed by atoms with Gasteiger partial charge in [-0.2, -0.15) is 0 Å². The van der Waals surface area contributed by atoms with Crippen LogP contribution in [0.1, 0.15) is 24.0 Å². The van der Waals surface area contributed by atoms with Crippen LogP contribution < -0.4 is 4.90 Å². The standard InChI is InChI=1S/C25H29N3O2/c1-26-17-18-28(19-22-9-5-6-10-23(22)26)25(30)21-13-15-27(16-14-21)24(29)12-11-20-7-3-2-4-8-20/h2-12,21H,13-19H2,1H3/b12-11+. The maximum absolute atomic E-state index is 13.2. The topological polar surface area (TPSA) is 43.9 Å². The van der Waals surface area contributed by atoms with Gasteiger partial charge in [0.2, 0.25) is 11.8 Å². The molecule has 5 heteroatoms. The van der Waals surface area contributed by atoms with Gasteiger partial charge in [-0.05, 0) is 36.1 Å². The van der Waals surface area contributed by atoms with Gasteiger partial charge in [0, 0.05) is 57.5 Å². The number of benzene rings is 2. The van der Waals surface area contributed by atoms with E-state index in [4.69, 9.17) is 0 Å². The van der Waals surface area contributed by atoms with Crippen molar-refractivity contribution in [2.75, 3.05) is 38.1 Å². The van der Waals surface area contributed by atoms with Crippen molar-refractivity contribution in [3.05, 3.63) is 71.8 Å². The molecule has 0 bridgehead atoms. The second kappa shape index (κ2) is 9.16.